The van der Waals surface area contributed by atoms with Gasteiger partial charge in [0.2, 0.25) is 0 Å². The lowest BCUT2D eigenvalue weighted by molar-refractivity contribution is 0.0950. The Kier molecular flexibility index (Phi) is 6.30. The van der Waals surface area contributed by atoms with E-state index in [1.165, 1.54) is 12.1 Å². The summed E-state index contributed by atoms with van der Waals surface area (Å²) in [5.74, 6) is 0.457. The van der Waals surface area contributed by atoms with Crippen molar-refractivity contribution in [2.75, 3.05) is 5.32 Å². The molecule has 7 nitrogen and oxygen atoms in total. The second-order valence-corrected chi connectivity index (χ2v) is 7.37. The molecule has 2 N–H and O–H groups in total. The number of carbonyl (C=O) groups excluding carboxylic acids is 1. The van der Waals surface area contributed by atoms with Gasteiger partial charge in [0.15, 0.2) is 5.82 Å². The normalized spacial score (nSPS) is 10.7. The van der Waals surface area contributed by atoms with E-state index in [1.807, 2.05) is 19.3 Å². The molecule has 2 aromatic carbocycles. The van der Waals surface area contributed by atoms with E-state index in [2.05, 4.69) is 20.7 Å². The molecular formula is C24H21F2N5O2. The molecule has 4 aromatic rings. The van der Waals surface area contributed by atoms with Crippen LogP contribution in [0.15, 0.2) is 67.0 Å². The van der Waals surface area contributed by atoms with Gasteiger partial charge in [0, 0.05) is 55.3 Å². The first kappa shape index (κ1) is 21.9. The molecule has 0 unspecified atom stereocenters. The highest BCUT2D eigenvalue weighted by Gasteiger charge is 2.14. The predicted molar refractivity (Wildman–Crippen MR) is 120 cm³/mol. The van der Waals surface area contributed by atoms with Gasteiger partial charge in [0.25, 0.3) is 5.91 Å². The standard InChI is InChI=1S/C24H21F2N5O2/c1-15-20(24(32)28-14-16-10-17(25)12-18(26)11-16)4-3-5-21(15)33-19-6-8-27-23(13-19)29-22-7-9-31(2)30-22/h3-13H,14H2,1-2H3,(H,28,32)(H,27,29,30). The van der Waals surface area contributed by atoms with E-state index in [9.17, 15) is 13.6 Å². The summed E-state index contributed by atoms with van der Waals surface area (Å²) in [6.07, 6.45) is 3.41. The Bertz CT molecular complexity index is 1290. The van der Waals surface area contributed by atoms with E-state index < -0.39 is 11.6 Å². The number of carbonyl (C=O) groups is 1. The number of amides is 1. The average molecular weight is 449 g/mol. The molecule has 0 bridgehead atoms. The monoisotopic (exact) mass is 449 g/mol. The molecule has 9 heteroatoms. The first-order chi connectivity index (χ1) is 15.9. The van der Waals surface area contributed by atoms with Gasteiger partial charge in [-0.25, -0.2) is 13.8 Å². The van der Waals surface area contributed by atoms with Crippen molar-refractivity contribution < 1.29 is 18.3 Å². The second-order valence-electron chi connectivity index (χ2n) is 7.37. The summed E-state index contributed by atoms with van der Waals surface area (Å²) in [6.45, 7) is 1.76. The topological polar surface area (TPSA) is 81.1 Å². The van der Waals surface area contributed by atoms with Gasteiger partial charge in [-0.3, -0.25) is 9.48 Å². The highest BCUT2D eigenvalue weighted by molar-refractivity contribution is 5.96. The van der Waals surface area contributed by atoms with Gasteiger partial charge in [0.05, 0.1) is 0 Å². The zero-order valence-electron chi connectivity index (χ0n) is 18.0. The number of anilines is 2. The number of halogens is 2. The number of aromatic nitrogens is 3. The van der Waals surface area contributed by atoms with Crippen LogP contribution in [0, 0.1) is 18.6 Å². The Hall–Kier alpha value is -4.27. The number of hydrogen-bond donors (Lipinski definition) is 2. The molecule has 0 aliphatic carbocycles. The quantitative estimate of drug-likeness (QED) is 0.421. The molecule has 0 fully saturated rings. The summed E-state index contributed by atoms with van der Waals surface area (Å²) < 4.78 is 34.4. The molecule has 2 aromatic heterocycles. The fraction of sp³-hybridized carbons (Fsp3) is 0.125. The molecular weight excluding hydrogens is 428 g/mol. The van der Waals surface area contributed by atoms with E-state index in [4.69, 9.17) is 4.74 Å². The molecule has 0 atom stereocenters. The first-order valence-corrected chi connectivity index (χ1v) is 10.1. The summed E-state index contributed by atoms with van der Waals surface area (Å²) in [6, 6.07) is 13.5. The van der Waals surface area contributed by atoms with Crippen LogP contribution in [0.4, 0.5) is 20.4 Å². The first-order valence-electron chi connectivity index (χ1n) is 10.1. The zero-order valence-corrected chi connectivity index (χ0v) is 18.0. The van der Waals surface area contributed by atoms with Gasteiger partial charge in [0.1, 0.15) is 29.0 Å². The number of pyridine rings is 1. The molecule has 33 heavy (non-hydrogen) atoms. The van der Waals surface area contributed by atoms with Crippen LogP contribution in [0.2, 0.25) is 0 Å². The average Bonchev–Trinajstić information content (AvgIpc) is 3.17. The van der Waals surface area contributed by atoms with Crippen molar-refractivity contribution in [1.82, 2.24) is 20.1 Å². The van der Waals surface area contributed by atoms with Crippen molar-refractivity contribution >= 4 is 17.5 Å². The minimum absolute atomic E-state index is 0.00898. The summed E-state index contributed by atoms with van der Waals surface area (Å²) >= 11 is 0. The summed E-state index contributed by atoms with van der Waals surface area (Å²) in [7, 11) is 1.82. The SMILES string of the molecule is Cc1c(Oc2ccnc(Nc3ccn(C)n3)c2)cccc1C(=O)NCc1cc(F)cc(F)c1. The van der Waals surface area contributed by atoms with Crippen molar-refractivity contribution in [1.29, 1.82) is 0 Å². The van der Waals surface area contributed by atoms with Crippen LogP contribution in [0.1, 0.15) is 21.5 Å². The van der Waals surface area contributed by atoms with Crippen molar-refractivity contribution in [2.45, 2.75) is 13.5 Å². The van der Waals surface area contributed by atoms with Gasteiger partial charge in [-0.05, 0) is 42.8 Å². The Morgan fingerprint density at radius 1 is 1.06 bits per heavy atom. The molecule has 4 rings (SSSR count). The van der Waals surface area contributed by atoms with E-state index in [0.29, 0.717) is 39.8 Å². The third-order valence-electron chi connectivity index (χ3n) is 4.83. The minimum atomic E-state index is -0.694. The highest BCUT2D eigenvalue weighted by Crippen LogP contribution is 2.28. The number of hydrogen-bond acceptors (Lipinski definition) is 5. The smallest absolute Gasteiger partial charge is 0.251 e. The van der Waals surface area contributed by atoms with Crippen LogP contribution < -0.4 is 15.4 Å². The molecule has 0 aliphatic heterocycles. The van der Waals surface area contributed by atoms with E-state index in [-0.39, 0.29) is 12.5 Å². The molecule has 0 radical (unpaired) electrons. The third-order valence-corrected chi connectivity index (χ3v) is 4.83. The Morgan fingerprint density at radius 3 is 2.58 bits per heavy atom. The molecule has 0 spiro atoms. The Morgan fingerprint density at radius 2 is 1.85 bits per heavy atom. The van der Waals surface area contributed by atoms with Gasteiger partial charge in [-0.2, -0.15) is 5.10 Å². The van der Waals surface area contributed by atoms with E-state index in [0.717, 1.165) is 6.07 Å². The maximum absolute atomic E-state index is 13.4. The molecule has 2 heterocycles. The van der Waals surface area contributed by atoms with Crippen LogP contribution >= 0.6 is 0 Å². The Balaban J connectivity index is 1.46. The third kappa shape index (κ3) is 5.51. The Labute approximate surface area is 189 Å². The van der Waals surface area contributed by atoms with E-state index in [1.54, 1.807) is 48.1 Å². The number of rotatable bonds is 7. The molecule has 1 amide bonds. The number of ether oxygens (including phenoxy) is 1. The van der Waals surface area contributed by atoms with Crippen molar-refractivity contribution in [3.8, 4) is 11.5 Å². The highest BCUT2D eigenvalue weighted by atomic mass is 19.1. The molecule has 0 saturated heterocycles. The van der Waals surface area contributed by atoms with Crippen LogP contribution in [-0.2, 0) is 13.6 Å². The van der Waals surface area contributed by atoms with Gasteiger partial charge in [-0.15, -0.1) is 0 Å². The maximum atomic E-state index is 13.4. The predicted octanol–water partition coefficient (Wildman–Crippen LogP) is 4.87. The van der Waals surface area contributed by atoms with Crippen LogP contribution in [0.25, 0.3) is 0 Å². The molecule has 0 saturated carbocycles. The second kappa shape index (κ2) is 9.47. The lowest BCUT2D eigenvalue weighted by Crippen LogP contribution is -2.23. The number of benzene rings is 2. The van der Waals surface area contributed by atoms with E-state index >= 15 is 0 Å². The largest absolute Gasteiger partial charge is 0.457 e. The lowest BCUT2D eigenvalue weighted by Gasteiger charge is -2.13. The van der Waals surface area contributed by atoms with Crippen molar-refractivity contribution in [3.05, 3.63) is 95.3 Å². The van der Waals surface area contributed by atoms with Gasteiger partial charge in [-0.1, -0.05) is 6.07 Å². The number of aryl methyl sites for hydroxylation is 1. The number of nitrogens with zero attached hydrogens (tertiary/aromatic N) is 3. The minimum Gasteiger partial charge on any atom is -0.457 e. The van der Waals surface area contributed by atoms with Crippen molar-refractivity contribution in [3.63, 3.8) is 0 Å². The fourth-order valence-electron chi connectivity index (χ4n) is 3.24. The maximum Gasteiger partial charge on any atom is 0.251 e. The molecule has 168 valence electrons. The van der Waals surface area contributed by atoms with Crippen molar-refractivity contribution in [2.24, 2.45) is 7.05 Å². The van der Waals surface area contributed by atoms with Crippen LogP contribution in [0.3, 0.4) is 0 Å². The molecule has 0 aliphatic rings. The number of nitrogens with one attached hydrogen (secondary N) is 2. The summed E-state index contributed by atoms with van der Waals surface area (Å²) in [4.78, 5) is 17.0. The van der Waals surface area contributed by atoms with Gasteiger partial charge >= 0.3 is 0 Å². The summed E-state index contributed by atoms with van der Waals surface area (Å²) in [5.41, 5.74) is 1.34. The summed E-state index contributed by atoms with van der Waals surface area (Å²) in [5, 5.41) is 10.0. The zero-order chi connectivity index (χ0) is 23.4. The fourth-order valence-corrected chi connectivity index (χ4v) is 3.24. The van der Waals surface area contributed by atoms with Crippen LogP contribution in [0.5, 0.6) is 11.5 Å². The lowest BCUT2D eigenvalue weighted by atomic mass is 10.1. The van der Waals surface area contributed by atoms with Crippen LogP contribution in [-0.4, -0.2) is 20.7 Å². The van der Waals surface area contributed by atoms with Gasteiger partial charge < -0.3 is 15.4 Å².